The van der Waals surface area contributed by atoms with Gasteiger partial charge in [0.1, 0.15) is 0 Å². The molecule has 0 radical (unpaired) electrons. The molecule has 2 aliphatic rings. The zero-order valence-electron chi connectivity index (χ0n) is 14.3. The molecule has 1 N–H and O–H groups in total. The van der Waals surface area contributed by atoms with E-state index < -0.39 is 0 Å². The molecule has 5 rings (SSSR count). The number of carbonyl (C=O) groups excluding carboxylic acids is 1. The van der Waals surface area contributed by atoms with Crippen molar-refractivity contribution in [1.29, 1.82) is 0 Å². The second-order valence-electron chi connectivity index (χ2n) is 7.47. The zero-order chi connectivity index (χ0) is 17.0. The number of Topliss-reactive ketones (excluding diaryl/α,β-unsaturated/α-hetero) is 1. The van der Waals surface area contributed by atoms with Gasteiger partial charge in [-0.1, -0.05) is 36.4 Å². The maximum Gasteiger partial charge on any atom is 0.158 e. The Hall–Kier alpha value is -2.68. The van der Waals surface area contributed by atoms with Gasteiger partial charge in [0.15, 0.2) is 5.78 Å². The van der Waals surface area contributed by atoms with Crippen LogP contribution in [0.2, 0.25) is 0 Å². The average molecular weight is 328 g/mol. The Morgan fingerprint density at radius 3 is 2.84 bits per heavy atom. The van der Waals surface area contributed by atoms with Crippen molar-refractivity contribution in [3.05, 3.63) is 70.9 Å². The van der Waals surface area contributed by atoms with Gasteiger partial charge in [-0.2, -0.15) is 5.10 Å². The topological polar surface area (TPSA) is 45.8 Å². The minimum absolute atomic E-state index is 0.0350. The molecule has 0 aliphatic heterocycles. The van der Waals surface area contributed by atoms with E-state index in [4.69, 9.17) is 0 Å². The molecule has 0 saturated carbocycles. The van der Waals surface area contributed by atoms with Gasteiger partial charge in [0.05, 0.1) is 11.7 Å². The van der Waals surface area contributed by atoms with E-state index in [-0.39, 0.29) is 5.41 Å². The highest BCUT2D eigenvalue weighted by Gasteiger charge is 2.46. The number of nitrogens with one attached hydrogen (secondary N) is 1. The highest BCUT2D eigenvalue weighted by molar-refractivity contribution is 6.07. The summed E-state index contributed by atoms with van der Waals surface area (Å²) in [6, 6.07) is 15.0. The first-order valence-electron chi connectivity index (χ1n) is 8.92. The Morgan fingerprint density at radius 2 is 2.00 bits per heavy atom. The van der Waals surface area contributed by atoms with Crippen LogP contribution in [0.4, 0.5) is 0 Å². The number of carbonyl (C=O) groups is 1. The Bertz CT molecular complexity index is 1030. The van der Waals surface area contributed by atoms with Crippen LogP contribution in [0.3, 0.4) is 0 Å². The van der Waals surface area contributed by atoms with Gasteiger partial charge in [-0.15, -0.1) is 0 Å². The molecule has 0 amide bonds. The predicted octanol–water partition coefficient (Wildman–Crippen LogP) is 4.48. The van der Waals surface area contributed by atoms with Crippen LogP contribution in [0, 0.1) is 5.41 Å². The van der Waals surface area contributed by atoms with Gasteiger partial charge in [-0.25, -0.2) is 0 Å². The molecule has 1 aromatic heterocycles. The monoisotopic (exact) mass is 328 g/mol. The molecule has 3 heteroatoms. The maximum atomic E-state index is 12.5. The summed E-state index contributed by atoms with van der Waals surface area (Å²) in [7, 11) is 0. The quantitative estimate of drug-likeness (QED) is 0.753. The van der Waals surface area contributed by atoms with Crippen molar-refractivity contribution in [2.24, 2.45) is 5.41 Å². The normalized spacial score (nSPS) is 22.4. The maximum absolute atomic E-state index is 12.5. The lowest BCUT2D eigenvalue weighted by atomic mass is 9.67. The van der Waals surface area contributed by atoms with Crippen molar-refractivity contribution in [3.63, 3.8) is 0 Å². The number of hydrogen-bond acceptors (Lipinski definition) is 2. The molecule has 3 aromatic rings. The van der Waals surface area contributed by atoms with Crippen LogP contribution in [-0.4, -0.2) is 16.0 Å². The highest BCUT2D eigenvalue weighted by atomic mass is 16.1. The molecule has 1 unspecified atom stereocenters. The van der Waals surface area contributed by atoms with E-state index in [1.165, 1.54) is 27.6 Å². The van der Waals surface area contributed by atoms with Crippen LogP contribution in [0.5, 0.6) is 0 Å². The van der Waals surface area contributed by atoms with E-state index in [2.05, 4.69) is 52.7 Å². The third-order valence-electron chi connectivity index (χ3n) is 6.06. The number of rotatable bonds is 2. The summed E-state index contributed by atoms with van der Waals surface area (Å²) in [5, 5.41) is 8.51. The standard InChI is InChI=1S/C22H20N2O/c1-14-20(25)9-10-22(11-15-5-3-2-4-6-15)12-17-16(21(14)22)7-8-19-18(17)13-23-24-19/h2-8,13H,9-12H2,1H3,(H,23,24). The molecule has 25 heavy (non-hydrogen) atoms. The fraction of sp³-hybridized carbons (Fsp3) is 0.273. The largest absolute Gasteiger partial charge is 0.295 e. The van der Waals surface area contributed by atoms with E-state index in [0.29, 0.717) is 12.2 Å². The summed E-state index contributed by atoms with van der Waals surface area (Å²) in [6.07, 6.45) is 5.50. The van der Waals surface area contributed by atoms with Gasteiger partial charge < -0.3 is 0 Å². The van der Waals surface area contributed by atoms with Crippen molar-refractivity contribution in [2.75, 3.05) is 0 Å². The van der Waals surface area contributed by atoms with Crippen molar-refractivity contribution >= 4 is 22.3 Å². The summed E-state index contributed by atoms with van der Waals surface area (Å²) in [5.74, 6) is 0.304. The van der Waals surface area contributed by atoms with Crippen molar-refractivity contribution in [3.8, 4) is 0 Å². The first kappa shape index (κ1) is 14.6. The highest BCUT2D eigenvalue weighted by Crippen LogP contribution is 2.56. The van der Waals surface area contributed by atoms with Gasteiger partial charge in [-0.3, -0.25) is 9.89 Å². The third-order valence-corrected chi connectivity index (χ3v) is 6.06. The molecule has 0 saturated heterocycles. The third kappa shape index (κ3) is 2.05. The lowest BCUT2D eigenvalue weighted by Crippen LogP contribution is -2.30. The fourth-order valence-corrected chi connectivity index (χ4v) is 4.93. The number of allylic oxidation sites excluding steroid dienone is 2. The van der Waals surface area contributed by atoms with E-state index in [0.717, 1.165) is 30.4 Å². The molecule has 1 atom stereocenters. The van der Waals surface area contributed by atoms with Gasteiger partial charge in [0.25, 0.3) is 0 Å². The lowest BCUT2D eigenvalue weighted by Gasteiger charge is -2.36. The smallest absolute Gasteiger partial charge is 0.158 e. The number of nitrogens with zero attached hydrogens (tertiary/aromatic N) is 1. The van der Waals surface area contributed by atoms with Gasteiger partial charge in [0, 0.05) is 17.2 Å². The number of hydrogen-bond donors (Lipinski definition) is 1. The second-order valence-corrected chi connectivity index (χ2v) is 7.47. The first-order chi connectivity index (χ1) is 12.2. The Kier molecular flexibility index (Phi) is 3.02. The summed E-state index contributed by atoms with van der Waals surface area (Å²) in [4.78, 5) is 12.5. The molecule has 0 bridgehead atoms. The Balaban J connectivity index is 1.74. The van der Waals surface area contributed by atoms with Gasteiger partial charge in [0.2, 0.25) is 0 Å². The van der Waals surface area contributed by atoms with Crippen LogP contribution >= 0.6 is 0 Å². The summed E-state index contributed by atoms with van der Waals surface area (Å²) < 4.78 is 0. The molecule has 1 heterocycles. The van der Waals surface area contributed by atoms with Crippen LogP contribution in [-0.2, 0) is 17.6 Å². The number of H-pyrrole nitrogens is 1. The van der Waals surface area contributed by atoms with E-state index >= 15 is 0 Å². The van der Waals surface area contributed by atoms with Crippen LogP contribution in [0.1, 0.15) is 36.5 Å². The summed E-state index contributed by atoms with van der Waals surface area (Å²) in [6.45, 7) is 2.02. The number of benzene rings is 2. The molecule has 124 valence electrons. The SMILES string of the molecule is CC1=C2c3ccc4[nH]ncc4c3CC2(Cc2ccccc2)CCC1=O. The summed E-state index contributed by atoms with van der Waals surface area (Å²) >= 11 is 0. The van der Waals surface area contributed by atoms with Crippen molar-refractivity contribution in [2.45, 2.75) is 32.6 Å². The van der Waals surface area contributed by atoms with E-state index in [1.54, 1.807) is 0 Å². The van der Waals surface area contributed by atoms with Crippen molar-refractivity contribution in [1.82, 2.24) is 10.2 Å². The van der Waals surface area contributed by atoms with Crippen LogP contribution < -0.4 is 0 Å². The Morgan fingerprint density at radius 1 is 1.16 bits per heavy atom. The van der Waals surface area contributed by atoms with Crippen molar-refractivity contribution < 1.29 is 4.79 Å². The van der Waals surface area contributed by atoms with Gasteiger partial charge >= 0.3 is 0 Å². The molecule has 2 aromatic carbocycles. The minimum atomic E-state index is 0.0350. The Labute approximate surface area is 146 Å². The first-order valence-corrected chi connectivity index (χ1v) is 8.92. The fourth-order valence-electron chi connectivity index (χ4n) is 4.93. The van der Waals surface area contributed by atoms with Crippen LogP contribution in [0.25, 0.3) is 16.5 Å². The minimum Gasteiger partial charge on any atom is -0.295 e. The lowest BCUT2D eigenvalue weighted by molar-refractivity contribution is -0.116. The zero-order valence-corrected chi connectivity index (χ0v) is 14.3. The summed E-state index contributed by atoms with van der Waals surface area (Å²) in [5.41, 5.74) is 7.32. The number of fused-ring (bicyclic) bond motifs is 5. The second kappa shape index (κ2) is 5.16. The molecule has 2 aliphatic carbocycles. The molecule has 0 fully saturated rings. The van der Waals surface area contributed by atoms with Gasteiger partial charge in [-0.05, 0) is 60.1 Å². The molecular formula is C22H20N2O. The average Bonchev–Trinajstić information content (AvgIpc) is 3.21. The molecule has 3 nitrogen and oxygen atoms in total. The number of aromatic nitrogens is 2. The number of aromatic amines is 1. The van der Waals surface area contributed by atoms with E-state index in [9.17, 15) is 4.79 Å². The van der Waals surface area contributed by atoms with E-state index in [1.807, 2.05) is 13.1 Å². The molecule has 0 spiro atoms. The molecular weight excluding hydrogens is 308 g/mol. The number of ketones is 1. The predicted molar refractivity (Wildman–Crippen MR) is 99.2 cm³/mol. The van der Waals surface area contributed by atoms with Crippen LogP contribution in [0.15, 0.2) is 54.2 Å².